The van der Waals surface area contributed by atoms with Gasteiger partial charge in [0, 0.05) is 31.4 Å². The number of anilines is 1. The summed E-state index contributed by atoms with van der Waals surface area (Å²) in [4.78, 5) is 1.98. The Morgan fingerprint density at radius 3 is 2.69 bits per heavy atom. The van der Waals surface area contributed by atoms with Crippen LogP contribution in [0.2, 0.25) is 0 Å². The van der Waals surface area contributed by atoms with Crippen LogP contribution in [0.25, 0.3) is 0 Å². The van der Waals surface area contributed by atoms with Crippen LogP contribution >= 0.6 is 0 Å². The average Bonchev–Trinajstić information content (AvgIpc) is 2.25. The molecule has 0 heterocycles. The molecule has 1 rings (SSSR count). The molecule has 16 heavy (non-hydrogen) atoms. The minimum atomic E-state index is -0.340. The van der Waals surface area contributed by atoms with Crippen LogP contribution in [0.15, 0.2) is 18.2 Å². The molecule has 3 nitrogen and oxygen atoms in total. The van der Waals surface area contributed by atoms with Crippen molar-refractivity contribution in [1.29, 1.82) is 0 Å². The summed E-state index contributed by atoms with van der Waals surface area (Å²) in [5.41, 5.74) is 6.51. The van der Waals surface area contributed by atoms with Crippen molar-refractivity contribution in [2.75, 3.05) is 25.6 Å². The molecule has 0 aliphatic heterocycles. The van der Waals surface area contributed by atoms with E-state index in [4.69, 9.17) is 10.5 Å². The van der Waals surface area contributed by atoms with Gasteiger partial charge in [0.15, 0.2) is 11.6 Å². The minimum absolute atomic E-state index is 0.158. The third-order valence-electron chi connectivity index (χ3n) is 2.50. The summed E-state index contributed by atoms with van der Waals surface area (Å²) < 4.78 is 18.3. The first-order valence-electron chi connectivity index (χ1n) is 5.35. The van der Waals surface area contributed by atoms with Crippen molar-refractivity contribution in [3.63, 3.8) is 0 Å². The van der Waals surface area contributed by atoms with Gasteiger partial charge in [-0.1, -0.05) is 0 Å². The minimum Gasteiger partial charge on any atom is -0.494 e. The largest absolute Gasteiger partial charge is 0.494 e. The molecular formula is C12H19FN2O. The molecule has 0 bridgehead atoms. The number of hydrogen-bond acceptors (Lipinski definition) is 3. The molecule has 0 saturated heterocycles. The molecule has 0 radical (unpaired) electrons. The molecule has 0 amide bonds. The Morgan fingerprint density at radius 1 is 1.50 bits per heavy atom. The van der Waals surface area contributed by atoms with Gasteiger partial charge in [0.05, 0.1) is 7.11 Å². The van der Waals surface area contributed by atoms with Crippen LogP contribution in [-0.4, -0.2) is 26.7 Å². The van der Waals surface area contributed by atoms with Gasteiger partial charge in [-0.25, -0.2) is 4.39 Å². The molecule has 2 N–H and O–H groups in total. The van der Waals surface area contributed by atoms with Crippen LogP contribution in [0.3, 0.4) is 0 Å². The van der Waals surface area contributed by atoms with E-state index < -0.39 is 0 Å². The van der Waals surface area contributed by atoms with Crippen LogP contribution in [-0.2, 0) is 0 Å². The van der Waals surface area contributed by atoms with Crippen LogP contribution in [0.5, 0.6) is 5.75 Å². The van der Waals surface area contributed by atoms with E-state index in [1.807, 2.05) is 24.9 Å². The van der Waals surface area contributed by atoms with Crippen molar-refractivity contribution >= 4 is 5.69 Å². The first-order chi connectivity index (χ1) is 7.54. The van der Waals surface area contributed by atoms with Gasteiger partial charge in [0.1, 0.15) is 0 Å². The maximum absolute atomic E-state index is 13.4. The van der Waals surface area contributed by atoms with E-state index in [0.717, 1.165) is 18.7 Å². The third-order valence-corrected chi connectivity index (χ3v) is 2.50. The van der Waals surface area contributed by atoms with E-state index >= 15 is 0 Å². The number of ether oxygens (including phenoxy) is 1. The van der Waals surface area contributed by atoms with Gasteiger partial charge in [-0.15, -0.1) is 0 Å². The number of rotatable bonds is 5. The average molecular weight is 226 g/mol. The summed E-state index contributed by atoms with van der Waals surface area (Å²) in [5, 5.41) is 0. The van der Waals surface area contributed by atoms with Crippen LogP contribution in [0.4, 0.5) is 10.1 Å². The second-order valence-corrected chi connectivity index (χ2v) is 4.01. The van der Waals surface area contributed by atoms with Crippen LogP contribution in [0.1, 0.15) is 13.3 Å². The highest BCUT2D eigenvalue weighted by molar-refractivity contribution is 5.49. The molecule has 4 heteroatoms. The summed E-state index contributed by atoms with van der Waals surface area (Å²) >= 11 is 0. The van der Waals surface area contributed by atoms with Gasteiger partial charge >= 0.3 is 0 Å². The van der Waals surface area contributed by atoms with Crippen molar-refractivity contribution < 1.29 is 9.13 Å². The van der Waals surface area contributed by atoms with Crippen LogP contribution < -0.4 is 15.4 Å². The summed E-state index contributed by atoms with van der Waals surface area (Å²) in [6, 6.07) is 5.10. The first-order valence-corrected chi connectivity index (χ1v) is 5.35. The van der Waals surface area contributed by atoms with Crippen molar-refractivity contribution in [2.45, 2.75) is 19.4 Å². The zero-order valence-electron chi connectivity index (χ0n) is 10.0. The SMILES string of the molecule is COc1ccc(N(C)CCC(C)N)cc1F. The van der Waals surface area contributed by atoms with E-state index in [9.17, 15) is 4.39 Å². The van der Waals surface area contributed by atoms with Gasteiger partial charge in [0.2, 0.25) is 0 Å². The molecule has 1 unspecified atom stereocenters. The normalized spacial score (nSPS) is 12.3. The molecule has 0 spiro atoms. The fourth-order valence-corrected chi connectivity index (χ4v) is 1.42. The molecule has 1 aromatic rings. The molecule has 1 aromatic carbocycles. The Kier molecular flexibility index (Phi) is 4.55. The van der Waals surface area contributed by atoms with Crippen molar-refractivity contribution in [2.24, 2.45) is 5.73 Å². The smallest absolute Gasteiger partial charge is 0.167 e. The van der Waals surface area contributed by atoms with Crippen LogP contribution in [0, 0.1) is 5.82 Å². The lowest BCUT2D eigenvalue weighted by molar-refractivity contribution is 0.386. The second kappa shape index (κ2) is 5.70. The van der Waals surface area contributed by atoms with E-state index in [1.54, 1.807) is 6.07 Å². The number of methoxy groups -OCH3 is 1. The Morgan fingerprint density at radius 2 is 2.19 bits per heavy atom. The summed E-state index contributed by atoms with van der Waals surface area (Å²) in [7, 11) is 3.38. The summed E-state index contributed by atoms with van der Waals surface area (Å²) in [6.45, 7) is 2.77. The summed E-state index contributed by atoms with van der Waals surface area (Å²) in [5.74, 6) is -0.0722. The molecule has 0 fully saturated rings. The lowest BCUT2D eigenvalue weighted by atomic mass is 10.2. The van der Waals surface area contributed by atoms with Crippen molar-refractivity contribution in [3.8, 4) is 5.75 Å². The first kappa shape index (κ1) is 12.8. The van der Waals surface area contributed by atoms with Gasteiger partial charge < -0.3 is 15.4 Å². The molecule has 0 aliphatic carbocycles. The Hall–Kier alpha value is -1.29. The van der Waals surface area contributed by atoms with Gasteiger partial charge in [-0.2, -0.15) is 0 Å². The van der Waals surface area contributed by atoms with Crippen molar-refractivity contribution in [1.82, 2.24) is 0 Å². The molecule has 90 valence electrons. The number of benzene rings is 1. The molecule has 0 aromatic heterocycles. The highest BCUT2D eigenvalue weighted by Crippen LogP contribution is 2.22. The molecule has 0 saturated carbocycles. The highest BCUT2D eigenvalue weighted by Gasteiger charge is 2.07. The second-order valence-electron chi connectivity index (χ2n) is 4.01. The molecular weight excluding hydrogens is 207 g/mol. The Labute approximate surface area is 96.0 Å². The molecule has 1 atom stereocenters. The zero-order chi connectivity index (χ0) is 12.1. The maximum Gasteiger partial charge on any atom is 0.167 e. The summed E-state index contributed by atoms with van der Waals surface area (Å²) in [6.07, 6.45) is 0.879. The fraction of sp³-hybridized carbons (Fsp3) is 0.500. The van der Waals surface area contributed by atoms with Gasteiger partial charge in [-0.3, -0.25) is 0 Å². The van der Waals surface area contributed by atoms with E-state index in [2.05, 4.69) is 0 Å². The van der Waals surface area contributed by atoms with Crippen molar-refractivity contribution in [3.05, 3.63) is 24.0 Å². The third kappa shape index (κ3) is 3.38. The number of hydrogen-bond donors (Lipinski definition) is 1. The van der Waals surface area contributed by atoms with E-state index in [-0.39, 0.29) is 17.6 Å². The van der Waals surface area contributed by atoms with E-state index in [1.165, 1.54) is 13.2 Å². The number of nitrogens with zero attached hydrogens (tertiary/aromatic N) is 1. The zero-order valence-corrected chi connectivity index (χ0v) is 10.0. The quantitative estimate of drug-likeness (QED) is 0.834. The van der Waals surface area contributed by atoms with Gasteiger partial charge in [-0.05, 0) is 25.5 Å². The topological polar surface area (TPSA) is 38.5 Å². The highest BCUT2D eigenvalue weighted by atomic mass is 19.1. The predicted molar refractivity (Wildman–Crippen MR) is 64.5 cm³/mol. The lowest BCUT2D eigenvalue weighted by Gasteiger charge is -2.20. The Balaban J connectivity index is 2.69. The van der Waals surface area contributed by atoms with E-state index in [0.29, 0.717) is 0 Å². The standard InChI is InChI=1S/C12H19FN2O/c1-9(14)6-7-15(2)10-4-5-12(16-3)11(13)8-10/h4-5,8-9H,6-7,14H2,1-3H3. The predicted octanol–water partition coefficient (Wildman–Crippen LogP) is 2.01. The molecule has 0 aliphatic rings. The number of halogens is 1. The Bertz CT molecular complexity index is 342. The lowest BCUT2D eigenvalue weighted by Crippen LogP contribution is -2.25. The maximum atomic E-state index is 13.4. The number of nitrogens with two attached hydrogens (primary N) is 1. The monoisotopic (exact) mass is 226 g/mol. The fourth-order valence-electron chi connectivity index (χ4n) is 1.42. The van der Waals surface area contributed by atoms with Gasteiger partial charge in [0.25, 0.3) is 0 Å².